The lowest BCUT2D eigenvalue weighted by atomic mass is 10.1. The van der Waals surface area contributed by atoms with Crippen LogP contribution in [-0.2, 0) is 17.6 Å². The molecule has 0 radical (unpaired) electrons. The first-order chi connectivity index (χ1) is 21.1. The second-order valence-corrected chi connectivity index (χ2v) is 10.6. The van der Waals surface area contributed by atoms with Gasteiger partial charge in [-0.1, -0.05) is 42.5 Å². The summed E-state index contributed by atoms with van der Waals surface area (Å²) in [7, 11) is 0. The van der Waals surface area contributed by atoms with Crippen LogP contribution >= 0.6 is 0 Å². The Morgan fingerprint density at radius 1 is 0.953 bits per heavy atom. The Hall–Kier alpha value is -4.57. The summed E-state index contributed by atoms with van der Waals surface area (Å²) < 4.78 is 5.85. The topological polar surface area (TPSA) is 125 Å². The molecule has 4 heterocycles. The van der Waals surface area contributed by atoms with Gasteiger partial charge in [-0.15, -0.1) is 0 Å². The van der Waals surface area contributed by atoms with Crippen molar-refractivity contribution in [3.8, 4) is 17.3 Å². The summed E-state index contributed by atoms with van der Waals surface area (Å²) in [5, 5.41) is 16.5. The van der Waals surface area contributed by atoms with Crippen molar-refractivity contribution >= 4 is 17.6 Å². The van der Waals surface area contributed by atoms with Crippen molar-refractivity contribution in [2.45, 2.75) is 44.6 Å². The van der Waals surface area contributed by atoms with Crippen LogP contribution in [0.5, 0.6) is 5.88 Å². The number of anilines is 2. The highest BCUT2D eigenvalue weighted by molar-refractivity contribution is 5.77. The molecular weight excluding hydrogens is 542 g/mol. The Morgan fingerprint density at radius 2 is 1.84 bits per heavy atom. The van der Waals surface area contributed by atoms with Crippen molar-refractivity contribution in [1.82, 2.24) is 24.8 Å². The smallest absolute Gasteiger partial charge is 0.326 e. The summed E-state index contributed by atoms with van der Waals surface area (Å²) in [5.74, 6) is 1.73. The van der Waals surface area contributed by atoms with E-state index in [-0.39, 0.29) is 0 Å². The fourth-order valence-electron chi connectivity index (χ4n) is 5.11. The second-order valence-electron chi connectivity index (χ2n) is 10.6. The zero-order valence-corrected chi connectivity index (χ0v) is 24.4. The molecule has 0 fully saturated rings. The molecule has 1 aliphatic rings. The molecule has 1 aliphatic heterocycles. The normalized spacial score (nSPS) is 13.1. The van der Waals surface area contributed by atoms with E-state index in [1.807, 2.05) is 48.5 Å². The third kappa shape index (κ3) is 9.21. The summed E-state index contributed by atoms with van der Waals surface area (Å²) in [6.45, 7) is 3.53. The highest BCUT2D eigenvalue weighted by Crippen LogP contribution is 2.21. The van der Waals surface area contributed by atoms with E-state index in [4.69, 9.17) is 9.72 Å². The van der Waals surface area contributed by atoms with E-state index in [1.54, 1.807) is 18.5 Å². The molecule has 3 aromatic heterocycles. The number of ether oxygens (including phenoxy) is 1. The summed E-state index contributed by atoms with van der Waals surface area (Å²) in [5.41, 5.74) is 3.28. The molecule has 0 amide bonds. The van der Waals surface area contributed by atoms with Gasteiger partial charge in [0.25, 0.3) is 0 Å². The van der Waals surface area contributed by atoms with Gasteiger partial charge in [0, 0.05) is 49.4 Å². The quantitative estimate of drug-likeness (QED) is 0.157. The average molecular weight is 582 g/mol. The summed E-state index contributed by atoms with van der Waals surface area (Å²) >= 11 is 0. The van der Waals surface area contributed by atoms with Crippen molar-refractivity contribution in [3.63, 3.8) is 0 Å². The fourth-order valence-corrected chi connectivity index (χ4v) is 5.11. The number of benzene rings is 1. The minimum absolute atomic E-state index is 0.404. The van der Waals surface area contributed by atoms with Gasteiger partial charge in [-0.05, 0) is 68.8 Å². The first-order valence-corrected chi connectivity index (χ1v) is 15.0. The number of aryl methyl sites for hydroxylation is 2. The first kappa shape index (κ1) is 29.9. The van der Waals surface area contributed by atoms with E-state index in [1.165, 1.54) is 5.56 Å². The molecule has 4 aromatic rings. The number of carboxylic acid groups (broad SMARTS) is 1. The number of aromatic nitrogens is 4. The van der Waals surface area contributed by atoms with Gasteiger partial charge in [0.05, 0.1) is 0 Å². The fraction of sp³-hybridized carbons (Fsp3) is 0.364. The maximum atomic E-state index is 12.2. The largest absolute Gasteiger partial charge is 0.480 e. The van der Waals surface area contributed by atoms with Crippen LogP contribution < -0.4 is 15.4 Å². The zero-order valence-electron chi connectivity index (χ0n) is 24.4. The Kier molecular flexibility index (Phi) is 10.8. The molecule has 1 unspecified atom stereocenters. The van der Waals surface area contributed by atoms with E-state index < -0.39 is 12.0 Å². The molecule has 0 saturated carbocycles. The molecule has 0 aliphatic carbocycles. The van der Waals surface area contributed by atoms with E-state index in [2.05, 4.69) is 42.6 Å². The number of carboxylic acids is 1. The Bertz CT molecular complexity index is 1440. The third-order valence-corrected chi connectivity index (χ3v) is 7.45. The van der Waals surface area contributed by atoms with Gasteiger partial charge in [-0.3, -0.25) is 4.90 Å². The molecule has 224 valence electrons. The average Bonchev–Trinajstić information content (AvgIpc) is 3.05. The van der Waals surface area contributed by atoms with Crippen LogP contribution in [0.15, 0.2) is 79.1 Å². The van der Waals surface area contributed by atoms with Crippen LogP contribution in [0.1, 0.15) is 36.9 Å². The van der Waals surface area contributed by atoms with Crippen molar-refractivity contribution in [1.29, 1.82) is 0 Å². The molecule has 0 saturated heterocycles. The summed E-state index contributed by atoms with van der Waals surface area (Å²) in [6.07, 6.45) is 8.86. The molecule has 43 heavy (non-hydrogen) atoms. The lowest BCUT2D eigenvalue weighted by Crippen LogP contribution is -2.37. The first-order valence-electron chi connectivity index (χ1n) is 15.0. The van der Waals surface area contributed by atoms with Crippen LogP contribution in [-0.4, -0.2) is 74.7 Å². The molecular formula is C33H39N7O3. The van der Waals surface area contributed by atoms with Crippen molar-refractivity contribution < 1.29 is 14.6 Å². The van der Waals surface area contributed by atoms with Crippen LogP contribution in [0.3, 0.4) is 0 Å². The number of carbonyl (C=O) groups is 1. The summed E-state index contributed by atoms with van der Waals surface area (Å²) in [6, 6.07) is 20.5. The number of aliphatic carboxylic acids is 1. The van der Waals surface area contributed by atoms with Crippen molar-refractivity contribution in [2.24, 2.45) is 0 Å². The number of hydrogen-bond donors (Lipinski definition) is 3. The third-order valence-electron chi connectivity index (χ3n) is 7.45. The number of unbranched alkanes of at least 4 members (excludes halogenated alkanes) is 1. The lowest BCUT2D eigenvalue weighted by Gasteiger charge is -2.24. The van der Waals surface area contributed by atoms with Gasteiger partial charge in [0.15, 0.2) is 5.82 Å². The molecule has 1 atom stereocenters. The molecule has 10 nitrogen and oxygen atoms in total. The van der Waals surface area contributed by atoms with Crippen molar-refractivity contribution in [3.05, 3.63) is 90.4 Å². The van der Waals surface area contributed by atoms with Gasteiger partial charge in [0.1, 0.15) is 24.3 Å². The SMILES string of the molecule is O=C(O)C(CCN(CCCCc1ccc2c(n1)NCCC2)CCOc1ccccn1)Nc1ccnc(-c2ccccc2)n1. The van der Waals surface area contributed by atoms with E-state index in [0.717, 1.165) is 62.3 Å². The predicted molar refractivity (Wildman–Crippen MR) is 167 cm³/mol. The number of nitrogens with zero attached hydrogens (tertiary/aromatic N) is 5. The standard InChI is InChI=1S/C33H39N7O3/c41-33(42)28(38-29-16-20-36-32(39-29)25-9-2-1-3-10-25)17-22-40(23-24-43-30-13-4-6-18-34-30)21-7-5-12-27-15-14-26-11-8-19-35-31(26)37-27/h1-4,6,9-10,13-16,18,20,28H,5,7-8,11-12,17,19,21-24H2,(H,35,37)(H,41,42)(H,36,38,39). The number of rotatable bonds is 16. The van der Waals surface area contributed by atoms with Gasteiger partial charge in [0.2, 0.25) is 5.88 Å². The zero-order chi connectivity index (χ0) is 29.7. The molecule has 10 heteroatoms. The molecule has 3 N–H and O–H groups in total. The van der Waals surface area contributed by atoms with Crippen LogP contribution in [0, 0.1) is 0 Å². The molecule has 1 aromatic carbocycles. The van der Waals surface area contributed by atoms with E-state index in [9.17, 15) is 9.90 Å². The van der Waals surface area contributed by atoms with E-state index in [0.29, 0.717) is 43.6 Å². The van der Waals surface area contributed by atoms with E-state index >= 15 is 0 Å². The van der Waals surface area contributed by atoms with Gasteiger partial charge < -0.3 is 20.5 Å². The van der Waals surface area contributed by atoms with Crippen LogP contribution in [0.2, 0.25) is 0 Å². The van der Waals surface area contributed by atoms with Gasteiger partial charge in [-0.2, -0.15) is 0 Å². The number of pyridine rings is 2. The molecule has 0 spiro atoms. The van der Waals surface area contributed by atoms with Crippen LogP contribution in [0.25, 0.3) is 11.4 Å². The monoisotopic (exact) mass is 581 g/mol. The minimum atomic E-state index is -0.920. The summed E-state index contributed by atoms with van der Waals surface area (Å²) in [4.78, 5) is 32.4. The molecule has 0 bridgehead atoms. The molecule has 5 rings (SSSR count). The minimum Gasteiger partial charge on any atom is -0.480 e. The van der Waals surface area contributed by atoms with Gasteiger partial charge >= 0.3 is 5.97 Å². The Labute approximate surface area is 252 Å². The Morgan fingerprint density at radius 3 is 2.67 bits per heavy atom. The van der Waals surface area contributed by atoms with Crippen molar-refractivity contribution in [2.75, 3.05) is 43.4 Å². The van der Waals surface area contributed by atoms with Gasteiger partial charge in [-0.25, -0.2) is 24.7 Å². The second kappa shape index (κ2) is 15.6. The van der Waals surface area contributed by atoms with Crippen LogP contribution in [0.4, 0.5) is 11.6 Å². The maximum Gasteiger partial charge on any atom is 0.326 e. The number of nitrogens with one attached hydrogen (secondary N) is 2. The number of fused-ring (bicyclic) bond motifs is 1. The Balaban J connectivity index is 1.16. The predicted octanol–water partition coefficient (Wildman–Crippen LogP) is 4.95. The lowest BCUT2D eigenvalue weighted by molar-refractivity contribution is -0.138. The highest BCUT2D eigenvalue weighted by atomic mass is 16.5. The highest BCUT2D eigenvalue weighted by Gasteiger charge is 2.20. The number of hydrogen-bond acceptors (Lipinski definition) is 9. The maximum absolute atomic E-state index is 12.2.